The Hall–Kier alpha value is -1.74. The van der Waals surface area contributed by atoms with Crippen molar-refractivity contribution in [3.8, 4) is 0 Å². The van der Waals surface area contributed by atoms with Crippen molar-refractivity contribution < 1.29 is 4.39 Å². The molecule has 3 heteroatoms. The Labute approximate surface area is 107 Å². The maximum atomic E-state index is 13.4. The van der Waals surface area contributed by atoms with Crippen LogP contribution in [0.15, 0.2) is 36.5 Å². The van der Waals surface area contributed by atoms with E-state index in [0.717, 1.165) is 22.4 Å². The van der Waals surface area contributed by atoms with Gasteiger partial charge in [0, 0.05) is 11.9 Å². The molecule has 0 bridgehead atoms. The monoisotopic (exact) mass is 244 g/mol. The van der Waals surface area contributed by atoms with Crippen LogP contribution in [0.1, 0.15) is 28.4 Å². The number of nitrogens with zero attached hydrogens (tertiary/aromatic N) is 1. The van der Waals surface area contributed by atoms with Crippen LogP contribution in [0.4, 0.5) is 4.39 Å². The fourth-order valence-corrected chi connectivity index (χ4v) is 2.17. The minimum atomic E-state index is -0.207. The van der Waals surface area contributed by atoms with Crippen LogP contribution in [-0.4, -0.2) is 12.0 Å². The number of pyridine rings is 1. The molecule has 1 aromatic carbocycles. The first-order valence-electron chi connectivity index (χ1n) is 5.97. The van der Waals surface area contributed by atoms with Crippen molar-refractivity contribution in [1.29, 1.82) is 0 Å². The molecule has 2 aromatic rings. The molecule has 1 heterocycles. The Morgan fingerprint density at radius 2 is 1.94 bits per heavy atom. The predicted octanol–water partition coefficient (Wildman–Crippen LogP) is 3.15. The van der Waals surface area contributed by atoms with Gasteiger partial charge in [0.2, 0.25) is 0 Å². The van der Waals surface area contributed by atoms with Gasteiger partial charge in [0.05, 0.1) is 6.04 Å². The number of hydrogen-bond acceptors (Lipinski definition) is 2. The first kappa shape index (κ1) is 12.7. The van der Waals surface area contributed by atoms with E-state index in [9.17, 15) is 4.39 Å². The second-order valence-corrected chi connectivity index (χ2v) is 4.45. The Bertz CT molecular complexity index is 552. The summed E-state index contributed by atoms with van der Waals surface area (Å²) in [4.78, 5) is 4.19. The van der Waals surface area contributed by atoms with Gasteiger partial charge in [-0.05, 0) is 61.9 Å². The van der Waals surface area contributed by atoms with Crippen molar-refractivity contribution >= 4 is 0 Å². The summed E-state index contributed by atoms with van der Waals surface area (Å²) in [6.45, 7) is 3.95. The van der Waals surface area contributed by atoms with Crippen molar-refractivity contribution in [3.63, 3.8) is 0 Å². The van der Waals surface area contributed by atoms with Gasteiger partial charge >= 0.3 is 0 Å². The van der Waals surface area contributed by atoms with Crippen molar-refractivity contribution in [2.75, 3.05) is 7.05 Å². The summed E-state index contributed by atoms with van der Waals surface area (Å²) in [5.41, 5.74) is 4.09. The van der Waals surface area contributed by atoms with Gasteiger partial charge in [-0.3, -0.25) is 4.98 Å². The first-order chi connectivity index (χ1) is 8.61. The van der Waals surface area contributed by atoms with E-state index >= 15 is 0 Å². The molecule has 0 aliphatic rings. The van der Waals surface area contributed by atoms with Gasteiger partial charge in [-0.15, -0.1) is 0 Å². The van der Waals surface area contributed by atoms with Gasteiger partial charge in [-0.1, -0.05) is 6.07 Å². The zero-order chi connectivity index (χ0) is 13.1. The Balaban J connectivity index is 2.48. The molecule has 1 unspecified atom stereocenters. The lowest BCUT2D eigenvalue weighted by atomic mass is 9.95. The summed E-state index contributed by atoms with van der Waals surface area (Å²) in [5, 5.41) is 3.24. The van der Waals surface area contributed by atoms with Gasteiger partial charge in [-0.2, -0.15) is 0 Å². The fourth-order valence-electron chi connectivity index (χ4n) is 2.17. The molecular weight excluding hydrogens is 227 g/mol. The zero-order valence-corrected chi connectivity index (χ0v) is 10.9. The molecular formula is C15H17FN2. The summed E-state index contributed by atoms with van der Waals surface area (Å²) in [6, 6.07) is 8.85. The van der Waals surface area contributed by atoms with Gasteiger partial charge < -0.3 is 5.32 Å². The lowest BCUT2D eigenvalue weighted by Crippen LogP contribution is -2.19. The largest absolute Gasteiger partial charge is 0.309 e. The summed E-state index contributed by atoms with van der Waals surface area (Å²) < 4.78 is 13.4. The molecule has 0 amide bonds. The SMILES string of the molecule is CNC(c1ccnc(C)c1)c1cc(F)ccc1C. The number of hydrogen-bond donors (Lipinski definition) is 1. The second-order valence-electron chi connectivity index (χ2n) is 4.45. The number of halogens is 1. The fraction of sp³-hybridized carbons (Fsp3) is 0.267. The molecule has 0 fully saturated rings. The third-order valence-electron chi connectivity index (χ3n) is 3.10. The Morgan fingerprint density at radius 1 is 1.17 bits per heavy atom. The molecule has 2 nitrogen and oxygen atoms in total. The van der Waals surface area contributed by atoms with Gasteiger partial charge in [-0.25, -0.2) is 4.39 Å². The van der Waals surface area contributed by atoms with Crippen LogP contribution >= 0.6 is 0 Å². The molecule has 1 aromatic heterocycles. The minimum Gasteiger partial charge on any atom is -0.309 e. The Morgan fingerprint density at radius 3 is 2.61 bits per heavy atom. The molecule has 0 aliphatic heterocycles. The molecule has 0 saturated heterocycles. The number of aromatic nitrogens is 1. The molecule has 0 spiro atoms. The average molecular weight is 244 g/mol. The van der Waals surface area contributed by atoms with Crippen LogP contribution in [0.5, 0.6) is 0 Å². The number of aryl methyl sites for hydroxylation is 2. The lowest BCUT2D eigenvalue weighted by molar-refractivity contribution is 0.615. The summed E-state index contributed by atoms with van der Waals surface area (Å²) in [7, 11) is 1.88. The van der Waals surface area contributed by atoms with Crippen molar-refractivity contribution in [1.82, 2.24) is 10.3 Å². The topological polar surface area (TPSA) is 24.9 Å². The van der Waals surface area contributed by atoms with E-state index in [-0.39, 0.29) is 11.9 Å². The number of nitrogens with one attached hydrogen (secondary N) is 1. The molecule has 0 saturated carbocycles. The van der Waals surface area contributed by atoms with E-state index in [1.165, 1.54) is 6.07 Å². The van der Waals surface area contributed by atoms with E-state index < -0.39 is 0 Å². The van der Waals surface area contributed by atoms with E-state index in [2.05, 4.69) is 10.3 Å². The minimum absolute atomic E-state index is 0.0117. The highest BCUT2D eigenvalue weighted by Crippen LogP contribution is 2.25. The number of benzene rings is 1. The molecule has 0 aliphatic carbocycles. The van der Waals surface area contributed by atoms with E-state index in [0.29, 0.717) is 0 Å². The molecule has 0 radical (unpaired) electrons. The summed E-state index contributed by atoms with van der Waals surface area (Å²) in [5.74, 6) is -0.207. The zero-order valence-electron chi connectivity index (χ0n) is 10.9. The van der Waals surface area contributed by atoms with Gasteiger partial charge in [0.1, 0.15) is 5.82 Å². The maximum absolute atomic E-state index is 13.4. The van der Waals surface area contributed by atoms with Gasteiger partial charge in [0.25, 0.3) is 0 Å². The standard InChI is InChI=1S/C15H17FN2/c1-10-4-5-13(16)9-14(10)15(17-3)12-6-7-18-11(2)8-12/h4-9,15,17H,1-3H3. The van der Waals surface area contributed by atoms with Crippen LogP contribution in [0, 0.1) is 19.7 Å². The molecule has 18 heavy (non-hydrogen) atoms. The second kappa shape index (κ2) is 5.27. The quantitative estimate of drug-likeness (QED) is 0.897. The average Bonchev–Trinajstić information content (AvgIpc) is 2.35. The smallest absolute Gasteiger partial charge is 0.123 e. The van der Waals surface area contributed by atoms with Crippen LogP contribution in [0.25, 0.3) is 0 Å². The van der Waals surface area contributed by atoms with Crippen LogP contribution < -0.4 is 5.32 Å². The van der Waals surface area contributed by atoms with Crippen molar-refractivity contribution in [2.24, 2.45) is 0 Å². The highest BCUT2D eigenvalue weighted by molar-refractivity contribution is 5.37. The van der Waals surface area contributed by atoms with Crippen molar-refractivity contribution in [3.05, 3.63) is 64.7 Å². The number of rotatable bonds is 3. The van der Waals surface area contributed by atoms with E-state index in [1.54, 1.807) is 12.3 Å². The Kier molecular flexibility index (Phi) is 3.72. The maximum Gasteiger partial charge on any atom is 0.123 e. The summed E-state index contributed by atoms with van der Waals surface area (Å²) in [6.07, 6.45) is 1.78. The van der Waals surface area contributed by atoms with Crippen LogP contribution in [0.2, 0.25) is 0 Å². The van der Waals surface area contributed by atoms with E-state index in [1.807, 2.05) is 39.1 Å². The van der Waals surface area contributed by atoms with Gasteiger partial charge in [0.15, 0.2) is 0 Å². The molecule has 1 N–H and O–H groups in total. The summed E-state index contributed by atoms with van der Waals surface area (Å²) >= 11 is 0. The molecule has 94 valence electrons. The van der Waals surface area contributed by atoms with Crippen LogP contribution in [0.3, 0.4) is 0 Å². The molecule has 1 atom stereocenters. The molecule has 2 rings (SSSR count). The van der Waals surface area contributed by atoms with Crippen LogP contribution in [-0.2, 0) is 0 Å². The third kappa shape index (κ3) is 2.57. The highest BCUT2D eigenvalue weighted by Gasteiger charge is 2.15. The third-order valence-corrected chi connectivity index (χ3v) is 3.10. The highest BCUT2D eigenvalue weighted by atomic mass is 19.1. The van der Waals surface area contributed by atoms with Crippen molar-refractivity contribution in [2.45, 2.75) is 19.9 Å². The first-order valence-corrected chi connectivity index (χ1v) is 5.97. The predicted molar refractivity (Wildman–Crippen MR) is 71.0 cm³/mol. The normalized spacial score (nSPS) is 12.4. The van der Waals surface area contributed by atoms with E-state index in [4.69, 9.17) is 0 Å². The lowest BCUT2D eigenvalue weighted by Gasteiger charge is -2.19.